The molecule has 2 aliphatic heterocycles. The summed E-state index contributed by atoms with van der Waals surface area (Å²) < 4.78 is 0. The molecule has 0 amide bonds. The van der Waals surface area contributed by atoms with Crippen LogP contribution in [0, 0.1) is 0 Å². The minimum Gasteiger partial charge on any atom is -0.303 e. The van der Waals surface area contributed by atoms with Crippen LogP contribution >= 0.6 is 0 Å². The van der Waals surface area contributed by atoms with Crippen LogP contribution in [0.1, 0.15) is 39.0 Å². The van der Waals surface area contributed by atoms with Crippen molar-refractivity contribution in [3.63, 3.8) is 0 Å². The van der Waals surface area contributed by atoms with Crippen LogP contribution in [0.5, 0.6) is 0 Å². The highest BCUT2D eigenvalue weighted by Gasteiger charge is 2.15. The smallest absolute Gasteiger partial charge is 0.0610 e. The molecule has 0 saturated carbocycles. The Kier molecular flexibility index (Phi) is 5.49. The summed E-state index contributed by atoms with van der Waals surface area (Å²) in [5.74, 6) is 0. The molecule has 0 aliphatic carbocycles. The first-order valence-electron chi connectivity index (χ1n) is 7.21. The maximum absolute atomic E-state index is 3.49. The van der Waals surface area contributed by atoms with Gasteiger partial charge >= 0.3 is 0 Å². The molecule has 0 aromatic heterocycles. The maximum Gasteiger partial charge on any atom is 0.0610 e. The van der Waals surface area contributed by atoms with Crippen molar-refractivity contribution in [2.45, 2.75) is 45.2 Å². The number of rotatable bonds is 5. The summed E-state index contributed by atoms with van der Waals surface area (Å²) in [4.78, 5) is 2.63. The summed E-state index contributed by atoms with van der Waals surface area (Å²) >= 11 is 0. The third-order valence-corrected chi connectivity index (χ3v) is 3.98. The number of piperidine rings is 1. The minimum absolute atomic E-state index is 0.516. The van der Waals surface area contributed by atoms with Gasteiger partial charge in [0.2, 0.25) is 0 Å². The maximum atomic E-state index is 3.49. The second kappa shape index (κ2) is 7.14. The number of hydrogen-bond acceptors (Lipinski definition) is 3. The van der Waals surface area contributed by atoms with Gasteiger partial charge in [-0.1, -0.05) is 18.1 Å². The van der Waals surface area contributed by atoms with E-state index >= 15 is 0 Å². The van der Waals surface area contributed by atoms with Crippen LogP contribution in [0.25, 0.3) is 0 Å². The number of nitrogens with one attached hydrogen (secondary N) is 2. The number of allylic oxidation sites excluding steroid dienone is 1. The quantitative estimate of drug-likeness (QED) is 0.713. The van der Waals surface area contributed by atoms with Gasteiger partial charge in [-0.05, 0) is 45.7 Å². The molecule has 3 heteroatoms. The average Bonchev–Trinajstić information content (AvgIpc) is 2.88. The fourth-order valence-corrected chi connectivity index (χ4v) is 2.82. The molecule has 0 aromatic carbocycles. The fraction of sp³-hybridized carbons (Fsp3) is 0.857. The summed E-state index contributed by atoms with van der Waals surface area (Å²) in [6.45, 7) is 8.31. The first kappa shape index (κ1) is 13.1. The van der Waals surface area contributed by atoms with Crippen molar-refractivity contribution in [1.29, 1.82) is 0 Å². The van der Waals surface area contributed by atoms with E-state index in [-0.39, 0.29) is 0 Å². The zero-order chi connectivity index (χ0) is 11.9. The Labute approximate surface area is 106 Å². The van der Waals surface area contributed by atoms with Crippen molar-refractivity contribution in [2.24, 2.45) is 0 Å². The lowest BCUT2D eigenvalue weighted by Crippen LogP contribution is -2.33. The second-order valence-corrected chi connectivity index (χ2v) is 5.26. The summed E-state index contributed by atoms with van der Waals surface area (Å²) in [7, 11) is 0. The molecule has 0 aromatic rings. The van der Waals surface area contributed by atoms with Crippen LogP contribution in [0.3, 0.4) is 0 Å². The summed E-state index contributed by atoms with van der Waals surface area (Å²) in [5, 5.41) is 6.99. The third kappa shape index (κ3) is 4.41. The van der Waals surface area contributed by atoms with Gasteiger partial charge in [-0.25, -0.2) is 0 Å². The third-order valence-electron chi connectivity index (χ3n) is 3.98. The lowest BCUT2D eigenvalue weighted by atomic mass is 10.1. The predicted octanol–water partition coefficient (Wildman–Crippen LogP) is 1.72. The second-order valence-electron chi connectivity index (χ2n) is 5.26. The lowest BCUT2D eigenvalue weighted by molar-refractivity contribution is 0.230. The minimum atomic E-state index is 0.516. The van der Waals surface area contributed by atoms with Crippen LogP contribution < -0.4 is 10.6 Å². The molecule has 0 unspecified atom stereocenters. The largest absolute Gasteiger partial charge is 0.303 e. The molecule has 0 bridgehead atoms. The van der Waals surface area contributed by atoms with Gasteiger partial charge in [0, 0.05) is 19.6 Å². The van der Waals surface area contributed by atoms with E-state index < -0.39 is 0 Å². The predicted molar refractivity (Wildman–Crippen MR) is 73.1 cm³/mol. The van der Waals surface area contributed by atoms with E-state index in [1.165, 1.54) is 51.7 Å². The van der Waals surface area contributed by atoms with Crippen molar-refractivity contribution >= 4 is 0 Å². The van der Waals surface area contributed by atoms with Gasteiger partial charge in [0.1, 0.15) is 0 Å². The van der Waals surface area contributed by atoms with Gasteiger partial charge in [0.15, 0.2) is 0 Å². The van der Waals surface area contributed by atoms with Gasteiger partial charge in [0.25, 0.3) is 0 Å². The molecule has 17 heavy (non-hydrogen) atoms. The van der Waals surface area contributed by atoms with Gasteiger partial charge < -0.3 is 15.5 Å². The molecular weight excluding hydrogens is 210 g/mol. The van der Waals surface area contributed by atoms with Crippen LogP contribution in [0.4, 0.5) is 0 Å². The Morgan fingerprint density at radius 2 is 1.88 bits per heavy atom. The molecule has 0 spiro atoms. The standard InChI is InChI=1S/C14H27N3/c1-2-13(12-14-15-7-8-16-14)6-11-17-9-4-3-5-10-17/h2,14-16H,3-12H2,1H3/b13-2-. The number of hydrogen-bond donors (Lipinski definition) is 2. The van der Waals surface area contributed by atoms with Crippen molar-refractivity contribution in [3.05, 3.63) is 11.6 Å². The zero-order valence-electron chi connectivity index (χ0n) is 11.2. The van der Waals surface area contributed by atoms with E-state index in [0.717, 1.165) is 13.1 Å². The molecule has 0 radical (unpaired) electrons. The highest BCUT2D eigenvalue weighted by atomic mass is 15.2. The van der Waals surface area contributed by atoms with Crippen molar-refractivity contribution < 1.29 is 0 Å². The topological polar surface area (TPSA) is 27.3 Å². The Balaban J connectivity index is 1.67. The first-order valence-corrected chi connectivity index (χ1v) is 7.21. The Bertz CT molecular complexity index is 238. The summed E-state index contributed by atoms with van der Waals surface area (Å²) in [6.07, 6.45) is 9.48. The van der Waals surface area contributed by atoms with E-state index in [9.17, 15) is 0 Å². The molecule has 2 fully saturated rings. The van der Waals surface area contributed by atoms with Crippen LogP contribution in [0.2, 0.25) is 0 Å². The van der Waals surface area contributed by atoms with E-state index in [0.29, 0.717) is 6.17 Å². The lowest BCUT2D eigenvalue weighted by Gasteiger charge is -2.27. The van der Waals surface area contributed by atoms with Crippen molar-refractivity contribution in [3.8, 4) is 0 Å². The van der Waals surface area contributed by atoms with E-state index in [4.69, 9.17) is 0 Å². The Morgan fingerprint density at radius 3 is 2.53 bits per heavy atom. The molecule has 3 nitrogen and oxygen atoms in total. The monoisotopic (exact) mass is 237 g/mol. The van der Waals surface area contributed by atoms with Gasteiger partial charge in [0.05, 0.1) is 6.17 Å². The zero-order valence-corrected chi connectivity index (χ0v) is 11.2. The van der Waals surface area contributed by atoms with E-state index in [1.807, 2.05) is 0 Å². The molecule has 2 aliphatic rings. The van der Waals surface area contributed by atoms with Gasteiger partial charge in [-0.3, -0.25) is 0 Å². The normalized spacial score (nSPS) is 24.4. The van der Waals surface area contributed by atoms with Crippen LogP contribution in [0.15, 0.2) is 11.6 Å². The number of likely N-dealkylation sites (tertiary alicyclic amines) is 1. The highest BCUT2D eigenvalue weighted by molar-refractivity contribution is 5.04. The molecule has 2 rings (SSSR count). The van der Waals surface area contributed by atoms with Gasteiger partial charge in [-0.2, -0.15) is 0 Å². The van der Waals surface area contributed by atoms with Crippen molar-refractivity contribution in [2.75, 3.05) is 32.7 Å². The van der Waals surface area contributed by atoms with Crippen LogP contribution in [-0.2, 0) is 0 Å². The fourth-order valence-electron chi connectivity index (χ4n) is 2.82. The SMILES string of the molecule is C/C=C(/CCN1CCCCC1)CC1NCCN1. The molecule has 2 saturated heterocycles. The molecule has 0 atom stereocenters. The van der Waals surface area contributed by atoms with E-state index in [2.05, 4.69) is 28.5 Å². The average molecular weight is 237 g/mol. The number of nitrogens with zero attached hydrogens (tertiary/aromatic N) is 1. The van der Waals surface area contributed by atoms with Gasteiger partial charge in [-0.15, -0.1) is 0 Å². The van der Waals surface area contributed by atoms with E-state index in [1.54, 1.807) is 5.57 Å². The Morgan fingerprint density at radius 1 is 1.18 bits per heavy atom. The van der Waals surface area contributed by atoms with Crippen LogP contribution in [-0.4, -0.2) is 43.8 Å². The summed E-state index contributed by atoms with van der Waals surface area (Å²) in [5.41, 5.74) is 1.60. The molecule has 2 N–H and O–H groups in total. The molecule has 98 valence electrons. The molecular formula is C14H27N3. The Hall–Kier alpha value is -0.380. The highest BCUT2D eigenvalue weighted by Crippen LogP contribution is 2.14. The van der Waals surface area contributed by atoms with Crippen molar-refractivity contribution in [1.82, 2.24) is 15.5 Å². The summed E-state index contributed by atoms with van der Waals surface area (Å²) in [6, 6.07) is 0. The molecule has 2 heterocycles. The first-order chi connectivity index (χ1) is 8.38.